The van der Waals surface area contributed by atoms with Gasteiger partial charge in [-0.05, 0) is 37.7 Å². The van der Waals surface area contributed by atoms with E-state index in [1.807, 2.05) is 11.3 Å². The zero-order valence-corrected chi connectivity index (χ0v) is 11.4. The average molecular weight is 249 g/mol. The Labute approximate surface area is 107 Å². The molecule has 0 radical (unpaired) electrons. The maximum absolute atomic E-state index is 5.86. The van der Waals surface area contributed by atoms with E-state index in [1.165, 1.54) is 9.75 Å². The molecule has 0 aliphatic rings. The van der Waals surface area contributed by atoms with Crippen LogP contribution in [0.15, 0.2) is 28.7 Å². The van der Waals surface area contributed by atoms with Crippen molar-refractivity contribution < 1.29 is 4.42 Å². The van der Waals surface area contributed by atoms with E-state index in [4.69, 9.17) is 4.42 Å². The molecule has 0 aromatic carbocycles. The van der Waals surface area contributed by atoms with Crippen LogP contribution >= 0.6 is 11.3 Å². The van der Waals surface area contributed by atoms with Gasteiger partial charge in [0.25, 0.3) is 0 Å². The fourth-order valence-corrected chi connectivity index (χ4v) is 2.86. The fourth-order valence-electron chi connectivity index (χ4n) is 1.89. The van der Waals surface area contributed by atoms with Crippen molar-refractivity contribution in [1.82, 2.24) is 5.32 Å². The summed E-state index contributed by atoms with van der Waals surface area (Å²) in [5.41, 5.74) is 0. The van der Waals surface area contributed by atoms with Crippen molar-refractivity contribution in [2.24, 2.45) is 0 Å². The molecule has 0 amide bonds. The van der Waals surface area contributed by atoms with E-state index in [1.54, 1.807) is 0 Å². The van der Waals surface area contributed by atoms with Crippen LogP contribution in [0.25, 0.3) is 0 Å². The maximum Gasteiger partial charge on any atom is 0.126 e. The Morgan fingerprint density at radius 2 is 2.06 bits per heavy atom. The minimum absolute atomic E-state index is 0.194. The second kappa shape index (κ2) is 5.52. The minimum Gasteiger partial charge on any atom is -0.464 e. The number of furan rings is 1. The summed E-state index contributed by atoms with van der Waals surface area (Å²) >= 11 is 1.82. The van der Waals surface area contributed by atoms with Gasteiger partial charge < -0.3 is 9.73 Å². The normalized spacial score (nSPS) is 12.9. The maximum atomic E-state index is 5.86. The number of hydrogen-bond acceptors (Lipinski definition) is 3. The number of hydrogen-bond donors (Lipinski definition) is 1. The van der Waals surface area contributed by atoms with Crippen molar-refractivity contribution in [3.05, 3.63) is 45.5 Å². The van der Waals surface area contributed by atoms with Gasteiger partial charge in [-0.3, -0.25) is 0 Å². The van der Waals surface area contributed by atoms with E-state index in [9.17, 15) is 0 Å². The van der Waals surface area contributed by atoms with Gasteiger partial charge in [-0.2, -0.15) is 0 Å². The SMILES string of the molecule is CCNC(c1ccc(CC)o1)c1ccc(C)s1. The first kappa shape index (κ1) is 12.4. The highest BCUT2D eigenvalue weighted by Crippen LogP contribution is 2.29. The van der Waals surface area contributed by atoms with Crippen LogP contribution in [0.3, 0.4) is 0 Å². The molecule has 0 saturated heterocycles. The van der Waals surface area contributed by atoms with Crippen molar-refractivity contribution >= 4 is 11.3 Å². The molecule has 0 aliphatic heterocycles. The van der Waals surface area contributed by atoms with E-state index in [2.05, 4.69) is 50.4 Å². The average Bonchev–Trinajstić information content (AvgIpc) is 2.94. The smallest absolute Gasteiger partial charge is 0.126 e. The summed E-state index contributed by atoms with van der Waals surface area (Å²) in [5, 5.41) is 3.48. The van der Waals surface area contributed by atoms with Gasteiger partial charge in [-0.1, -0.05) is 13.8 Å². The van der Waals surface area contributed by atoms with Crippen molar-refractivity contribution in [1.29, 1.82) is 0 Å². The van der Waals surface area contributed by atoms with E-state index in [0.29, 0.717) is 0 Å². The first-order valence-electron chi connectivity index (χ1n) is 6.13. The van der Waals surface area contributed by atoms with Crippen LogP contribution in [0.4, 0.5) is 0 Å². The molecule has 2 aromatic rings. The van der Waals surface area contributed by atoms with Gasteiger partial charge in [0.1, 0.15) is 17.6 Å². The fraction of sp³-hybridized carbons (Fsp3) is 0.429. The van der Waals surface area contributed by atoms with Crippen molar-refractivity contribution in [3.63, 3.8) is 0 Å². The molecule has 0 spiro atoms. The van der Waals surface area contributed by atoms with E-state index in [-0.39, 0.29) is 6.04 Å². The number of nitrogens with one attached hydrogen (secondary N) is 1. The highest BCUT2D eigenvalue weighted by atomic mass is 32.1. The molecule has 0 fully saturated rings. The lowest BCUT2D eigenvalue weighted by molar-refractivity contribution is 0.428. The van der Waals surface area contributed by atoms with Gasteiger partial charge in [-0.15, -0.1) is 11.3 Å². The molecular weight excluding hydrogens is 230 g/mol. The second-order valence-corrected chi connectivity index (χ2v) is 5.42. The van der Waals surface area contributed by atoms with Gasteiger partial charge in [-0.25, -0.2) is 0 Å². The molecule has 1 unspecified atom stereocenters. The summed E-state index contributed by atoms with van der Waals surface area (Å²) in [6.45, 7) is 7.30. The van der Waals surface area contributed by atoms with Crippen LogP contribution in [0.2, 0.25) is 0 Å². The van der Waals surface area contributed by atoms with Gasteiger partial charge in [0.05, 0.1) is 0 Å². The highest BCUT2D eigenvalue weighted by molar-refractivity contribution is 7.12. The van der Waals surface area contributed by atoms with Gasteiger partial charge >= 0.3 is 0 Å². The lowest BCUT2D eigenvalue weighted by atomic mass is 10.2. The van der Waals surface area contributed by atoms with Crippen molar-refractivity contribution in [2.45, 2.75) is 33.2 Å². The van der Waals surface area contributed by atoms with Crippen LogP contribution in [-0.4, -0.2) is 6.54 Å². The molecular formula is C14H19NOS. The largest absolute Gasteiger partial charge is 0.464 e. The second-order valence-electron chi connectivity index (χ2n) is 4.10. The highest BCUT2D eigenvalue weighted by Gasteiger charge is 2.18. The predicted octanol–water partition coefficient (Wildman–Crippen LogP) is 3.91. The summed E-state index contributed by atoms with van der Waals surface area (Å²) in [6.07, 6.45) is 0.947. The quantitative estimate of drug-likeness (QED) is 0.869. The van der Waals surface area contributed by atoms with E-state index < -0.39 is 0 Å². The van der Waals surface area contributed by atoms with Crippen LogP contribution in [0, 0.1) is 6.92 Å². The zero-order valence-electron chi connectivity index (χ0n) is 10.6. The van der Waals surface area contributed by atoms with Crippen LogP contribution in [-0.2, 0) is 6.42 Å². The lowest BCUT2D eigenvalue weighted by Crippen LogP contribution is -2.20. The minimum atomic E-state index is 0.194. The summed E-state index contributed by atoms with van der Waals surface area (Å²) in [5.74, 6) is 2.07. The lowest BCUT2D eigenvalue weighted by Gasteiger charge is -2.13. The van der Waals surface area contributed by atoms with Crippen LogP contribution in [0.5, 0.6) is 0 Å². The Bertz CT molecular complexity index is 472. The molecule has 2 aromatic heterocycles. The molecule has 92 valence electrons. The molecule has 0 aliphatic carbocycles. The Kier molecular flexibility index (Phi) is 4.02. The molecule has 3 heteroatoms. The molecule has 0 bridgehead atoms. The Morgan fingerprint density at radius 3 is 2.59 bits per heavy atom. The van der Waals surface area contributed by atoms with Crippen LogP contribution < -0.4 is 5.32 Å². The van der Waals surface area contributed by atoms with Crippen molar-refractivity contribution in [3.8, 4) is 0 Å². The molecule has 2 nitrogen and oxygen atoms in total. The third kappa shape index (κ3) is 2.79. The first-order valence-corrected chi connectivity index (χ1v) is 6.94. The molecule has 1 N–H and O–H groups in total. The Morgan fingerprint density at radius 1 is 1.24 bits per heavy atom. The molecule has 0 saturated carbocycles. The van der Waals surface area contributed by atoms with Gasteiger partial charge in [0.15, 0.2) is 0 Å². The molecule has 17 heavy (non-hydrogen) atoms. The third-order valence-corrected chi connectivity index (χ3v) is 3.83. The summed E-state index contributed by atoms with van der Waals surface area (Å²) in [6, 6.07) is 8.69. The number of thiophene rings is 1. The van der Waals surface area contributed by atoms with Gasteiger partial charge in [0, 0.05) is 16.2 Å². The first-order chi connectivity index (χ1) is 8.24. The van der Waals surface area contributed by atoms with Crippen molar-refractivity contribution in [2.75, 3.05) is 6.54 Å². The zero-order chi connectivity index (χ0) is 12.3. The van der Waals surface area contributed by atoms with E-state index >= 15 is 0 Å². The standard InChI is InChI=1S/C14H19NOS/c1-4-11-7-8-12(16-11)14(15-5-2)13-9-6-10(3)17-13/h6-9,14-15H,4-5H2,1-3H3. The monoisotopic (exact) mass is 249 g/mol. The summed E-state index contributed by atoms with van der Waals surface area (Å²) < 4.78 is 5.86. The number of aryl methyl sites for hydroxylation is 2. The topological polar surface area (TPSA) is 25.2 Å². The van der Waals surface area contributed by atoms with Gasteiger partial charge in [0.2, 0.25) is 0 Å². The molecule has 2 heterocycles. The Balaban J connectivity index is 2.28. The Hall–Kier alpha value is -1.06. The molecule has 1 atom stereocenters. The third-order valence-electron chi connectivity index (χ3n) is 2.77. The van der Waals surface area contributed by atoms with E-state index in [0.717, 1.165) is 24.5 Å². The number of rotatable bonds is 5. The predicted molar refractivity (Wildman–Crippen MR) is 72.7 cm³/mol. The summed E-state index contributed by atoms with van der Waals surface area (Å²) in [4.78, 5) is 2.66. The summed E-state index contributed by atoms with van der Waals surface area (Å²) in [7, 11) is 0. The van der Waals surface area contributed by atoms with Crippen LogP contribution in [0.1, 0.15) is 41.2 Å². The molecule has 2 rings (SSSR count).